The van der Waals surface area contributed by atoms with Crippen LogP contribution in [0.2, 0.25) is 0 Å². The normalized spacial score (nSPS) is 48.6. The smallest absolute Gasteiger partial charge is 0.227 e. The third-order valence-electron chi connectivity index (χ3n) is 6.20. The maximum Gasteiger partial charge on any atom is 0.227 e. The van der Waals surface area contributed by atoms with Gasteiger partial charge in [0.25, 0.3) is 0 Å². The number of likely N-dealkylation sites (tertiary alicyclic amines) is 1. The fraction of sp³-hybridized carbons (Fsp3) is 0.933. The number of nitrogens with zero attached hydrogens (tertiary/aromatic N) is 1. The first-order valence-electron chi connectivity index (χ1n) is 7.81. The summed E-state index contributed by atoms with van der Waals surface area (Å²) in [6.45, 7) is 3.55. The molecular formula is C15H24N2O2. The number of amides is 1. The number of hydrogen-bond donors (Lipinski definition) is 1. The Labute approximate surface area is 114 Å². The highest BCUT2D eigenvalue weighted by Gasteiger charge is 2.52. The largest absolute Gasteiger partial charge is 0.381 e. The van der Waals surface area contributed by atoms with Crippen molar-refractivity contribution in [1.82, 2.24) is 4.90 Å². The number of hydrogen-bond acceptors (Lipinski definition) is 3. The maximum atomic E-state index is 12.8. The summed E-state index contributed by atoms with van der Waals surface area (Å²) in [4.78, 5) is 14.9. The fourth-order valence-electron chi connectivity index (χ4n) is 5.01. The van der Waals surface area contributed by atoms with Crippen molar-refractivity contribution in [3.8, 4) is 0 Å². The zero-order valence-electron chi connectivity index (χ0n) is 11.5. The third-order valence-corrected chi connectivity index (χ3v) is 6.20. The lowest BCUT2D eigenvalue weighted by Crippen LogP contribution is -2.47. The Kier molecular flexibility index (Phi) is 2.68. The van der Waals surface area contributed by atoms with Gasteiger partial charge in [0, 0.05) is 31.2 Å². The van der Waals surface area contributed by atoms with E-state index in [4.69, 9.17) is 10.5 Å². The molecule has 19 heavy (non-hydrogen) atoms. The Hall–Kier alpha value is -0.610. The van der Waals surface area contributed by atoms with Gasteiger partial charge in [-0.2, -0.15) is 0 Å². The highest BCUT2D eigenvalue weighted by Crippen LogP contribution is 2.49. The van der Waals surface area contributed by atoms with Crippen LogP contribution in [-0.2, 0) is 9.53 Å². The Bertz CT molecular complexity index is 390. The van der Waals surface area contributed by atoms with Crippen LogP contribution in [-0.4, -0.2) is 43.2 Å². The van der Waals surface area contributed by atoms with Crippen molar-refractivity contribution in [2.45, 2.75) is 38.1 Å². The van der Waals surface area contributed by atoms with Gasteiger partial charge in [0.1, 0.15) is 0 Å². The molecule has 4 rings (SSSR count). The summed E-state index contributed by atoms with van der Waals surface area (Å²) >= 11 is 0. The molecule has 0 aromatic heterocycles. The second-order valence-electron chi connectivity index (χ2n) is 7.25. The maximum absolute atomic E-state index is 12.8. The van der Waals surface area contributed by atoms with Gasteiger partial charge in [0.15, 0.2) is 0 Å². The molecule has 2 saturated carbocycles. The number of nitrogens with two attached hydrogens (primary N) is 1. The first-order valence-corrected chi connectivity index (χ1v) is 7.81. The van der Waals surface area contributed by atoms with Crippen LogP contribution in [0.5, 0.6) is 0 Å². The zero-order chi connectivity index (χ0) is 13.0. The second kappa shape index (κ2) is 4.19. The van der Waals surface area contributed by atoms with E-state index in [1.54, 1.807) is 0 Å². The van der Waals surface area contributed by atoms with E-state index >= 15 is 0 Å². The summed E-state index contributed by atoms with van der Waals surface area (Å²) in [5.74, 6) is 1.66. The van der Waals surface area contributed by atoms with E-state index < -0.39 is 0 Å². The van der Waals surface area contributed by atoms with Gasteiger partial charge in [-0.25, -0.2) is 0 Å². The second-order valence-corrected chi connectivity index (χ2v) is 7.25. The van der Waals surface area contributed by atoms with Crippen LogP contribution in [0, 0.1) is 23.2 Å². The lowest BCUT2D eigenvalue weighted by Gasteiger charge is -2.31. The van der Waals surface area contributed by atoms with Crippen LogP contribution in [0.1, 0.15) is 32.1 Å². The molecule has 2 aliphatic carbocycles. The number of rotatable bonds is 1. The average Bonchev–Trinajstić information content (AvgIpc) is 3.15. The highest BCUT2D eigenvalue weighted by molar-refractivity contribution is 5.81. The molecule has 0 radical (unpaired) electrons. The van der Waals surface area contributed by atoms with E-state index in [2.05, 4.69) is 4.90 Å². The van der Waals surface area contributed by atoms with Crippen LogP contribution in [0.15, 0.2) is 0 Å². The van der Waals surface area contributed by atoms with Crippen LogP contribution in [0.3, 0.4) is 0 Å². The van der Waals surface area contributed by atoms with Crippen molar-refractivity contribution in [1.29, 1.82) is 0 Å². The van der Waals surface area contributed by atoms with Gasteiger partial charge in [0.2, 0.25) is 5.91 Å². The topological polar surface area (TPSA) is 55.6 Å². The lowest BCUT2D eigenvalue weighted by molar-refractivity contribution is -0.137. The molecule has 0 aromatic rings. The summed E-state index contributed by atoms with van der Waals surface area (Å²) in [7, 11) is 0. The number of carbonyl (C=O) groups excluding carboxylic acids is 1. The summed E-state index contributed by atoms with van der Waals surface area (Å²) in [5, 5.41) is 0. The van der Waals surface area contributed by atoms with Gasteiger partial charge < -0.3 is 15.4 Å². The molecule has 2 N–H and O–H groups in total. The van der Waals surface area contributed by atoms with E-state index in [1.807, 2.05) is 0 Å². The summed E-state index contributed by atoms with van der Waals surface area (Å²) in [5.41, 5.74) is 6.58. The summed E-state index contributed by atoms with van der Waals surface area (Å²) in [6, 6.07) is 0.127. The van der Waals surface area contributed by atoms with Crippen molar-refractivity contribution in [3.05, 3.63) is 0 Å². The van der Waals surface area contributed by atoms with Crippen molar-refractivity contribution >= 4 is 5.91 Å². The molecule has 4 heteroatoms. The minimum atomic E-state index is 0.122. The monoisotopic (exact) mass is 264 g/mol. The first-order chi connectivity index (χ1) is 9.19. The molecule has 1 amide bonds. The standard InChI is InChI=1S/C15H24N2O2/c16-13-11-2-1-10(7-11)12(13)14(18)17-5-3-15(8-17)4-6-19-9-15/h10-13H,1-9,16H2/t10-,11-,12+,13+,15+/m0/s1. The van der Waals surface area contributed by atoms with Crippen LogP contribution >= 0.6 is 0 Å². The van der Waals surface area contributed by atoms with Crippen molar-refractivity contribution in [2.24, 2.45) is 28.9 Å². The summed E-state index contributed by atoms with van der Waals surface area (Å²) in [6.07, 6.45) is 5.90. The van der Waals surface area contributed by atoms with Gasteiger partial charge in [-0.15, -0.1) is 0 Å². The fourth-order valence-corrected chi connectivity index (χ4v) is 5.01. The van der Waals surface area contributed by atoms with Crippen LogP contribution in [0.4, 0.5) is 0 Å². The average molecular weight is 264 g/mol. The lowest BCUT2D eigenvalue weighted by atomic mass is 9.83. The van der Waals surface area contributed by atoms with E-state index in [-0.39, 0.29) is 17.4 Å². The van der Waals surface area contributed by atoms with Gasteiger partial charge >= 0.3 is 0 Å². The number of carbonyl (C=O) groups is 1. The first kappa shape index (κ1) is 12.2. The van der Waals surface area contributed by atoms with E-state index in [0.29, 0.717) is 17.7 Å². The number of ether oxygens (including phenoxy) is 1. The predicted octanol–water partition coefficient (Wildman–Crippen LogP) is 0.999. The molecule has 4 nitrogen and oxygen atoms in total. The van der Waals surface area contributed by atoms with Crippen molar-refractivity contribution in [3.63, 3.8) is 0 Å². The van der Waals surface area contributed by atoms with Crippen LogP contribution in [0.25, 0.3) is 0 Å². The van der Waals surface area contributed by atoms with E-state index in [9.17, 15) is 4.79 Å². The number of fused-ring (bicyclic) bond motifs is 2. The summed E-state index contributed by atoms with van der Waals surface area (Å²) < 4.78 is 5.54. The molecule has 2 bridgehead atoms. The quantitative estimate of drug-likeness (QED) is 0.768. The molecule has 4 aliphatic rings. The van der Waals surface area contributed by atoms with E-state index in [1.165, 1.54) is 19.3 Å². The van der Waals surface area contributed by atoms with E-state index in [0.717, 1.165) is 39.1 Å². The Morgan fingerprint density at radius 3 is 2.79 bits per heavy atom. The molecule has 4 fully saturated rings. The molecule has 2 aliphatic heterocycles. The highest BCUT2D eigenvalue weighted by atomic mass is 16.5. The Balaban J connectivity index is 1.47. The molecular weight excluding hydrogens is 240 g/mol. The van der Waals surface area contributed by atoms with Gasteiger partial charge in [-0.3, -0.25) is 4.79 Å². The molecule has 1 spiro atoms. The zero-order valence-corrected chi connectivity index (χ0v) is 11.5. The minimum Gasteiger partial charge on any atom is -0.381 e. The Morgan fingerprint density at radius 2 is 2.11 bits per heavy atom. The third kappa shape index (κ3) is 1.76. The predicted molar refractivity (Wildman–Crippen MR) is 71.4 cm³/mol. The van der Waals surface area contributed by atoms with Crippen molar-refractivity contribution < 1.29 is 9.53 Å². The van der Waals surface area contributed by atoms with Gasteiger partial charge in [-0.1, -0.05) is 0 Å². The minimum absolute atomic E-state index is 0.122. The molecule has 0 unspecified atom stereocenters. The van der Waals surface area contributed by atoms with Crippen LogP contribution < -0.4 is 5.73 Å². The molecule has 106 valence electrons. The van der Waals surface area contributed by atoms with Crippen molar-refractivity contribution in [2.75, 3.05) is 26.3 Å². The molecule has 2 heterocycles. The van der Waals surface area contributed by atoms with Gasteiger partial charge in [0.05, 0.1) is 12.5 Å². The Morgan fingerprint density at radius 1 is 1.26 bits per heavy atom. The molecule has 0 aromatic carbocycles. The SMILES string of the molecule is N[C@@H]1[C@H]2CC[C@@H](C2)[C@H]1C(=O)N1CC[C@@]2(CCOC2)C1. The molecule has 2 saturated heterocycles. The molecule has 5 atom stereocenters. The van der Waals surface area contributed by atoms with Gasteiger partial charge in [-0.05, 0) is 43.9 Å².